The summed E-state index contributed by atoms with van der Waals surface area (Å²) in [6.45, 7) is 5.18. The molecule has 0 radical (unpaired) electrons. The second-order valence-corrected chi connectivity index (χ2v) is 7.05. The molecule has 4 aliphatic rings. The number of hydrogen-bond donors (Lipinski definition) is 1. The van der Waals surface area contributed by atoms with Gasteiger partial charge in [0, 0.05) is 18.4 Å². The summed E-state index contributed by atoms with van der Waals surface area (Å²) in [5, 5.41) is 3.15. The van der Waals surface area contributed by atoms with Crippen molar-refractivity contribution in [3.63, 3.8) is 0 Å². The van der Waals surface area contributed by atoms with Gasteiger partial charge in [0.1, 0.15) is 11.7 Å². The number of nitrogens with one attached hydrogen (secondary N) is 1. The molecule has 1 N–H and O–H groups in total. The summed E-state index contributed by atoms with van der Waals surface area (Å²) in [6.07, 6.45) is 3.61. The van der Waals surface area contributed by atoms with Gasteiger partial charge in [-0.3, -0.25) is 4.79 Å². The van der Waals surface area contributed by atoms with Crippen molar-refractivity contribution in [3.05, 3.63) is 11.1 Å². The van der Waals surface area contributed by atoms with Crippen molar-refractivity contribution in [2.24, 2.45) is 17.8 Å². The highest BCUT2D eigenvalue weighted by Crippen LogP contribution is 2.62. The van der Waals surface area contributed by atoms with Gasteiger partial charge in [0.25, 0.3) is 0 Å². The molecule has 6 atom stereocenters. The fourth-order valence-electron chi connectivity index (χ4n) is 4.82. The highest BCUT2D eigenvalue weighted by molar-refractivity contribution is 5.76. The Kier molecular flexibility index (Phi) is 2.62. The highest BCUT2D eigenvalue weighted by Gasteiger charge is 2.69. The molecule has 0 aromatic rings. The molecule has 20 heavy (non-hydrogen) atoms. The Morgan fingerprint density at radius 3 is 3.00 bits per heavy atom. The number of fused-ring (bicyclic) bond motifs is 5. The molecule has 0 unspecified atom stereocenters. The molecular formula is C16H23NO3. The number of ether oxygens (including phenoxy) is 2. The van der Waals surface area contributed by atoms with Gasteiger partial charge < -0.3 is 14.8 Å². The van der Waals surface area contributed by atoms with Crippen LogP contribution in [-0.4, -0.2) is 37.4 Å². The Bertz CT molecular complexity index is 500. The second kappa shape index (κ2) is 4.08. The summed E-state index contributed by atoms with van der Waals surface area (Å²) >= 11 is 0. The molecule has 0 aromatic carbocycles. The molecule has 1 saturated carbocycles. The van der Waals surface area contributed by atoms with E-state index in [1.165, 1.54) is 11.1 Å². The van der Waals surface area contributed by atoms with Crippen molar-refractivity contribution >= 4 is 5.97 Å². The third-order valence-electron chi connectivity index (χ3n) is 6.02. The van der Waals surface area contributed by atoms with Crippen molar-refractivity contribution in [2.45, 2.75) is 50.9 Å². The van der Waals surface area contributed by atoms with Crippen LogP contribution in [-0.2, 0) is 14.3 Å². The van der Waals surface area contributed by atoms with Crippen LogP contribution < -0.4 is 5.32 Å². The Morgan fingerprint density at radius 1 is 1.45 bits per heavy atom. The van der Waals surface area contributed by atoms with E-state index in [-0.39, 0.29) is 23.6 Å². The number of hydrogen-bond acceptors (Lipinski definition) is 4. The Labute approximate surface area is 119 Å². The van der Waals surface area contributed by atoms with Crippen LogP contribution in [0.2, 0.25) is 0 Å². The molecule has 0 bridgehead atoms. The maximum atomic E-state index is 12.2. The lowest BCUT2D eigenvalue weighted by atomic mass is 9.78. The molecule has 3 fully saturated rings. The molecule has 2 aliphatic heterocycles. The Hall–Kier alpha value is -0.870. The van der Waals surface area contributed by atoms with E-state index in [2.05, 4.69) is 19.2 Å². The minimum Gasteiger partial charge on any atom is -0.461 e. The van der Waals surface area contributed by atoms with Crippen LogP contribution in [0, 0.1) is 17.8 Å². The smallest absolute Gasteiger partial charge is 0.310 e. The molecule has 4 rings (SSSR count). The van der Waals surface area contributed by atoms with Crippen molar-refractivity contribution in [1.82, 2.24) is 5.32 Å². The zero-order chi connectivity index (χ0) is 14.1. The van der Waals surface area contributed by atoms with Gasteiger partial charge in [-0.2, -0.15) is 0 Å². The largest absolute Gasteiger partial charge is 0.461 e. The van der Waals surface area contributed by atoms with Gasteiger partial charge in [0.15, 0.2) is 0 Å². The van der Waals surface area contributed by atoms with Gasteiger partial charge in [-0.25, -0.2) is 0 Å². The van der Waals surface area contributed by atoms with Gasteiger partial charge in [-0.05, 0) is 40.2 Å². The van der Waals surface area contributed by atoms with E-state index in [0.29, 0.717) is 17.9 Å². The second-order valence-electron chi connectivity index (χ2n) is 7.05. The first-order valence-corrected chi connectivity index (χ1v) is 7.77. The average molecular weight is 277 g/mol. The number of carbonyl (C=O) groups is 1. The van der Waals surface area contributed by atoms with Gasteiger partial charge in [0.2, 0.25) is 0 Å². The lowest BCUT2D eigenvalue weighted by Crippen LogP contribution is -2.36. The van der Waals surface area contributed by atoms with Gasteiger partial charge in [-0.1, -0.05) is 11.1 Å². The van der Waals surface area contributed by atoms with E-state index in [0.717, 1.165) is 25.8 Å². The van der Waals surface area contributed by atoms with Crippen molar-refractivity contribution < 1.29 is 14.3 Å². The average Bonchev–Trinajstić information content (AvgIpc) is 2.88. The summed E-state index contributed by atoms with van der Waals surface area (Å²) in [4.78, 5) is 12.2. The molecule has 4 heteroatoms. The van der Waals surface area contributed by atoms with Crippen molar-refractivity contribution in [1.29, 1.82) is 0 Å². The lowest BCUT2D eigenvalue weighted by Gasteiger charge is -2.28. The summed E-state index contributed by atoms with van der Waals surface area (Å²) in [6, 6.07) is 0. The Balaban J connectivity index is 1.71. The maximum absolute atomic E-state index is 12.2. The summed E-state index contributed by atoms with van der Waals surface area (Å²) in [5.41, 5.74) is 2.97. The van der Waals surface area contributed by atoms with Gasteiger partial charge >= 0.3 is 5.97 Å². The molecule has 2 heterocycles. The van der Waals surface area contributed by atoms with Gasteiger partial charge in [-0.15, -0.1) is 0 Å². The molecule has 0 amide bonds. The van der Waals surface area contributed by atoms with Crippen LogP contribution >= 0.6 is 0 Å². The molecule has 2 saturated heterocycles. The van der Waals surface area contributed by atoms with Gasteiger partial charge in [0.05, 0.1) is 12.0 Å². The maximum Gasteiger partial charge on any atom is 0.310 e. The summed E-state index contributed by atoms with van der Waals surface area (Å²) < 4.78 is 11.8. The van der Waals surface area contributed by atoms with Crippen LogP contribution in [0.3, 0.4) is 0 Å². The first-order valence-electron chi connectivity index (χ1n) is 7.77. The predicted molar refractivity (Wildman–Crippen MR) is 74.1 cm³/mol. The monoisotopic (exact) mass is 277 g/mol. The minimum absolute atomic E-state index is 0.0125. The van der Waals surface area contributed by atoms with Crippen LogP contribution in [0.5, 0.6) is 0 Å². The van der Waals surface area contributed by atoms with Crippen molar-refractivity contribution in [2.75, 3.05) is 13.6 Å². The first-order chi connectivity index (χ1) is 9.56. The standard InChI is InChI=1S/C16H23NO3/c1-8-4-5-9-11(7-17-3)15(18)19-14(9)13-10(8)6-12-16(13,2)20-12/h9,11-14,17H,4-7H2,1-3H3/t9-,11-,12+,13-,14-,16+/m0/s1. The fourth-order valence-corrected chi connectivity index (χ4v) is 4.82. The minimum atomic E-state index is -0.0708. The van der Waals surface area contributed by atoms with E-state index in [1.807, 2.05) is 7.05 Å². The van der Waals surface area contributed by atoms with E-state index in [1.54, 1.807) is 0 Å². The number of esters is 1. The van der Waals surface area contributed by atoms with Crippen LogP contribution in [0.25, 0.3) is 0 Å². The first kappa shape index (κ1) is 12.8. The molecule has 110 valence electrons. The molecule has 0 spiro atoms. The quantitative estimate of drug-likeness (QED) is 0.474. The highest BCUT2D eigenvalue weighted by atomic mass is 16.6. The van der Waals surface area contributed by atoms with Crippen molar-refractivity contribution in [3.8, 4) is 0 Å². The lowest BCUT2D eigenvalue weighted by molar-refractivity contribution is -0.146. The third-order valence-corrected chi connectivity index (χ3v) is 6.02. The SMILES string of the molecule is CNC[C@@H]1C(=O)O[C@H]2[C@H]1CCC(C)=C1C[C@H]3O[C@@]3(C)[C@@H]12. The number of carbonyl (C=O) groups excluding carboxylic acids is 1. The zero-order valence-electron chi connectivity index (χ0n) is 12.4. The zero-order valence-corrected chi connectivity index (χ0v) is 12.4. The topological polar surface area (TPSA) is 50.9 Å². The number of rotatable bonds is 2. The third kappa shape index (κ3) is 1.52. The van der Waals surface area contributed by atoms with Crippen LogP contribution in [0.15, 0.2) is 11.1 Å². The van der Waals surface area contributed by atoms with Crippen LogP contribution in [0.1, 0.15) is 33.1 Å². The molecule has 4 nitrogen and oxygen atoms in total. The molecular weight excluding hydrogens is 254 g/mol. The van der Waals surface area contributed by atoms with E-state index in [4.69, 9.17) is 9.47 Å². The molecule has 2 aliphatic carbocycles. The number of allylic oxidation sites excluding steroid dienone is 1. The van der Waals surface area contributed by atoms with Crippen LogP contribution in [0.4, 0.5) is 0 Å². The van der Waals surface area contributed by atoms with E-state index >= 15 is 0 Å². The fraction of sp³-hybridized carbons (Fsp3) is 0.812. The summed E-state index contributed by atoms with van der Waals surface area (Å²) in [7, 11) is 1.91. The number of epoxide rings is 1. The Morgan fingerprint density at radius 2 is 2.25 bits per heavy atom. The van der Waals surface area contributed by atoms with E-state index in [9.17, 15) is 4.79 Å². The summed E-state index contributed by atoms with van der Waals surface area (Å²) in [5.74, 6) is 0.637. The van der Waals surface area contributed by atoms with E-state index < -0.39 is 0 Å². The normalized spacial score (nSPS) is 49.4. The predicted octanol–water partition coefficient (Wildman–Crippen LogP) is 1.65. The molecule has 0 aromatic heterocycles.